The Morgan fingerprint density at radius 3 is 2.89 bits per heavy atom. The monoisotopic (exact) mass is 259 g/mol. The lowest BCUT2D eigenvalue weighted by atomic mass is 10.1. The van der Waals surface area contributed by atoms with Crippen LogP contribution in [0.1, 0.15) is 29.4 Å². The fraction of sp³-hybridized carbons (Fsp3) is 0.308. The van der Waals surface area contributed by atoms with Crippen molar-refractivity contribution in [2.75, 3.05) is 17.7 Å². The van der Waals surface area contributed by atoms with Crippen LogP contribution in [0.2, 0.25) is 0 Å². The van der Waals surface area contributed by atoms with E-state index in [0.29, 0.717) is 17.1 Å². The van der Waals surface area contributed by atoms with Gasteiger partial charge in [0.2, 0.25) is 0 Å². The third-order valence-electron chi connectivity index (χ3n) is 2.66. The summed E-state index contributed by atoms with van der Waals surface area (Å²) in [6.07, 6.45) is 5.03. The van der Waals surface area contributed by atoms with Gasteiger partial charge in [0, 0.05) is 24.5 Å². The summed E-state index contributed by atoms with van der Waals surface area (Å²) in [6, 6.07) is 3.55. The smallest absolute Gasteiger partial charge is 0.255 e. The normalized spacial score (nSPS) is 10.2. The molecule has 6 nitrogen and oxygen atoms in total. The number of H-pyrrole nitrogens is 1. The van der Waals surface area contributed by atoms with Gasteiger partial charge in [-0.15, -0.1) is 0 Å². The van der Waals surface area contributed by atoms with Crippen LogP contribution in [0.5, 0.6) is 0 Å². The molecule has 1 amide bonds. The number of hydrogen-bond donors (Lipinski definition) is 3. The molecule has 0 unspecified atom stereocenters. The van der Waals surface area contributed by atoms with Crippen molar-refractivity contribution in [3.05, 3.63) is 35.8 Å². The molecule has 0 aliphatic carbocycles. The van der Waals surface area contributed by atoms with Crippen molar-refractivity contribution in [1.29, 1.82) is 0 Å². The molecule has 0 saturated heterocycles. The first kappa shape index (κ1) is 13.1. The van der Waals surface area contributed by atoms with E-state index in [0.717, 1.165) is 18.5 Å². The number of pyridine rings is 1. The Bertz CT molecular complexity index is 550. The van der Waals surface area contributed by atoms with E-state index < -0.39 is 0 Å². The molecule has 2 aromatic heterocycles. The quantitative estimate of drug-likeness (QED) is 0.767. The van der Waals surface area contributed by atoms with Gasteiger partial charge in [-0.2, -0.15) is 5.10 Å². The summed E-state index contributed by atoms with van der Waals surface area (Å²) in [5.41, 5.74) is 2.14. The van der Waals surface area contributed by atoms with E-state index in [2.05, 4.69) is 32.7 Å². The van der Waals surface area contributed by atoms with Crippen LogP contribution in [0.3, 0.4) is 0 Å². The SMILES string of the molecule is CCCc1cc(C(=O)Nc2cn[nH]c2)cc(NC)n1. The molecule has 2 aromatic rings. The van der Waals surface area contributed by atoms with Gasteiger partial charge in [0.15, 0.2) is 0 Å². The van der Waals surface area contributed by atoms with E-state index in [1.54, 1.807) is 25.5 Å². The van der Waals surface area contributed by atoms with Crippen LogP contribution < -0.4 is 10.6 Å². The Labute approximate surface area is 111 Å². The summed E-state index contributed by atoms with van der Waals surface area (Å²) in [5.74, 6) is 0.529. The minimum absolute atomic E-state index is 0.169. The second kappa shape index (κ2) is 5.99. The van der Waals surface area contributed by atoms with Crippen molar-refractivity contribution in [3.63, 3.8) is 0 Å². The van der Waals surface area contributed by atoms with Crippen LogP contribution in [-0.4, -0.2) is 28.1 Å². The lowest BCUT2D eigenvalue weighted by Crippen LogP contribution is -2.13. The average Bonchev–Trinajstić information content (AvgIpc) is 2.91. The van der Waals surface area contributed by atoms with Crippen LogP contribution in [-0.2, 0) is 6.42 Å². The molecule has 0 bridgehead atoms. The zero-order chi connectivity index (χ0) is 13.7. The molecule has 0 spiro atoms. The molecule has 0 atom stereocenters. The molecule has 3 N–H and O–H groups in total. The van der Waals surface area contributed by atoms with Gasteiger partial charge >= 0.3 is 0 Å². The molecule has 6 heteroatoms. The topological polar surface area (TPSA) is 82.7 Å². The highest BCUT2D eigenvalue weighted by atomic mass is 16.1. The zero-order valence-electron chi connectivity index (χ0n) is 11.0. The highest BCUT2D eigenvalue weighted by Gasteiger charge is 2.10. The molecule has 0 saturated carbocycles. The van der Waals surface area contributed by atoms with Gasteiger partial charge in [-0.3, -0.25) is 9.89 Å². The minimum atomic E-state index is -0.169. The summed E-state index contributed by atoms with van der Waals surface area (Å²) >= 11 is 0. The zero-order valence-corrected chi connectivity index (χ0v) is 11.0. The second-order valence-corrected chi connectivity index (χ2v) is 4.17. The van der Waals surface area contributed by atoms with E-state index >= 15 is 0 Å². The van der Waals surface area contributed by atoms with Crippen molar-refractivity contribution in [2.24, 2.45) is 0 Å². The predicted molar refractivity (Wildman–Crippen MR) is 74.3 cm³/mol. The predicted octanol–water partition coefficient (Wildman–Crippen LogP) is 2.05. The maximum absolute atomic E-state index is 12.1. The molecule has 100 valence electrons. The van der Waals surface area contributed by atoms with E-state index in [1.165, 1.54) is 0 Å². The van der Waals surface area contributed by atoms with E-state index in [1.807, 2.05) is 6.07 Å². The molecule has 0 fully saturated rings. The number of aryl methyl sites for hydroxylation is 1. The van der Waals surface area contributed by atoms with Gasteiger partial charge in [-0.25, -0.2) is 4.98 Å². The fourth-order valence-electron chi connectivity index (χ4n) is 1.75. The second-order valence-electron chi connectivity index (χ2n) is 4.17. The van der Waals surface area contributed by atoms with Crippen LogP contribution in [0.4, 0.5) is 11.5 Å². The number of hydrogen-bond acceptors (Lipinski definition) is 4. The molecular formula is C13H17N5O. The molecule has 19 heavy (non-hydrogen) atoms. The number of carbonyl (C=O) groups is 1. The van der Waals surface area contributed by atoms with Gasteiger partial charge in [-0.05, 0) is 18.6 Å². The van der Waals surface area contributed by atoms with Crippen LogP contribution >= 0.6 is 0 Å². The van der Waals surface area contributed by atoms with Gasteiger partial charge in [0.05, 0.1) is 11.9 Å². The highest BCUT2D eigenvalue weighted by molar-refractivity contribution is 6.04. The summed E-state index contributed by atoms with van der Waals surface area (Å²) in [4.78, 5) is 16.5. The highest BCUT2D eigenvalue weighted by Crippen LogP contribution is 2.13. The van der Waals surface area contributed by atoms with Crippen molar-refractivity contribution in [2.45, 2.75) is 19.8 Å². The molecule has 0 radical (unpaired) electrons. The van der Waals surface area contributed by atoms with Gasteiger partial charge in [0.1, 0.15) is 5.82 Å². The molecule has 2 rings (SSSR count). The fourth-order valence-corrected chi connectivity index (χ4v) is 1.75. The maximum Gasteiger partial charge on any atom is 0.255 e. The summed E-state index contributed by atoms with van der Waals surface area (Å²) in [7, 11) is 1.79. The van der Waals surface area contributed by atoms with Crippen molar-refractivity contribution < 1.29 is 4.79 Å². The first-order chi connectivity index (χ1) is 9.22. The lowest BCUT2D eigenvalue weighted by Gasteiger charge is -2.08. The Morgan fingerprint density at radius 1 is 1.42 bits per heavy atom. The Balaban J connectivity index is 2.22. The first-order valence-corrected chi connectivity index (χ1v) is 6.21. The number of aromatic amines is 1. The first-order valence-electron chi connectivity index (χ1n) is 6.21. The van der Waals surface area contributed by atoms with Crippen LogP contribution in [0.15, 0.2) is 24.5 Å². The minimum Gasteiger partial charge on any atom is -0.373 e. The number of aromatic nitrogens is 3. The molecule has 0 aliphatic heterocycles. The Morgan fingerprint density at radius 2 is 2.26 bits per heavy atom. The third-order valence-corrected chi connectivity index (χ3v) is 2.66. The van der Waals surface area contributed by atoms with Crippen LogP contribution in [0, 0.1) is 0 Å². The van der Waals surface area contributed by atoms with E-state index in [-0.39, 0.29) is 5.91 Å². The summed E-state index contributed by atoms with van der Waals surface area (Å²) < 4.78 is 0. The molecule has 0 aliphatic rings. The number of nitrogens with one attached hydrogen (secondary N) is 3. The largest absolute Gasteiger partial charge is 0.373 e. The van der Waals surface area contributed by atoms with Crippen LogP contribution in [0.25, 0.3) is 0 Å². The van der Waals surface area contributed by atoms with Crippen molar-refractivity contribution >= 4 is 17.4 Å². The van der Waals surface area contributed by atoms with Gasteiger partial charge in [-0.1, -0.05) is 13.3 Å². The average molecular weight is 259 g/mol. The summed E-state index contributed by atoms with van der Waals surface area (Å²) in [6.45, 7) is 2.08. The standard InChI is InChI=1S/C13H17N5O/c1-3-4-10-5-9(6-12(14-2)17-10)13(19)18-11-7-15-16-8-11/h5-8H,3-4H2,1-2H3,(H,14,17)(H,15,16)(H,18,19). The number of carbonyl (C=O) groups excluding carboxylic acids is 1. The maximum atomic E-state index is 12.1. The lowest BCUT2D eigenvalue weighted by molar-refractivity contribution is 0.102. The Hall–Kier alpha value is -2.37. The molecular weight excluding hydrogens is 242 g/mol. The third kappa shape index (κ3) is 3.31. The van der Waals surface area contributed by atoms with E-state index in [9.17, 15) is 4.79 Å². The Kier molecular flexibility index (Phi) is 4.12. The van der Waals surface area contributed by atoms with Gasteiger partial charge in [0.25, 0.3) is 5.91 Å². The number of rotatable bonds is 5. The number of nitrogens with zero attached hydrogens (tertiary/aromatic N) is 2. The molecule has 0 aromatic carbocycles. The van der Waals surface area contributed by atoms with E-state index in [4.69, 9.17) is 0 Å². The van der Waals surface area contributed by atoms with Crippen molar-refractivity contribution in [3.8, 4) is 0 Å². The van der Waals surface area contributed by atoms with Crippen molar-refractivity contribution in [1.82, 2.24) is 15.2 Å². The summed E-state index contributed by atoms with van der Waals surface area (Å²) in [5, 5.41) is 12.2. The van der Waals surface area contributed by atoms with Gasteiger partial charge < -0.3 is 10.6 Å². The number of anilines is 2. The number of amides is 1. The molecule has 2 heterocycles.